The fourth-order valence-electron chi connectivity index (χ4n) is 3.23. The SMILES string of the molecule is Fc1cccc2scnc12.N/C=C(/C(=O)N1CCc2nc[nH]c2C1)c1cc(Cl)ccn1. The summed E-state index contributed by atoms with van der Waals surface area (Å²) >= 11 is 7.39. The molecule has 158 valence electrons. The van der Waals surface area contributed by atoms with Gasteiger partial charge in [0.05, 0.1) is 45.7 Å². The standard InChI is InChI=1S/C14H14ClN5O.C7H4FNS/c15-9-1-3-17-12(5-9)10(6-16)14(21)20-4-2-11-13(7-20)19-8-18-11;8-5-2-1-3-6-7(5)9-4-10-6/h1,3,5-6,8H,2,4,7,16H2,(H,18,19);1-4H/b10-6+;. The zero-order chi connectivity index (χ0) is 21.8. The first-order chi connectivity index (χ1) is 15.1. The van der Waals surface area contributed by atoms with Crippen molar-refractivity contribution in [2.75, 3.05) is 6.54 Å². The molecule has 4 heterocycles. The number of benzene rings is 1. The molecule has 1 aliphatic heterocycles. The summed E-state index contributed by atoms with van der Waals surface area (Å²) in [6.07, 6.45) is 5.21. The number of amides is 1. The van der Waals surface area contributed by atoms with Gasteiger partial charge in [0.15, 0.2) is 0 Å². The number of carbonyl (C=O) groups excluding carboxylic acids is 1. The highest BCUT2D eigenvalue weighted by atomic mass is 35.5. The van der Waals surface area contributed by atoms with E-state index in [2.05, 4.69) is 19.9 Å². The summed E-state index contributed by atoms with van der Waals surface area (Å²) in [5.74, 6) is -0.397. The Balaban J connectivity index is 0.000000192. The smallest absolute Gasteiger partial charge is 0.257 e. The van der Waals surface area contributed by atoms with Crippen LogP contribution in [0, 0.1) is 5.82 Å². The van der Waals surface area contributed by atoms with Gasteiger partial charge in [0, 0.05) is 30.4 Å². The molecule has 31 heavy (non-hydrogen) atoms. The van der Waals surface area contributed by atoms with E-state index in [0.717, 1.165) is 22.5 Å². The summed E-state index contributed by atoms with van der Waals surface area (Å²) in [6.45, 7) is 1.10. The van der Waals surface area contributed by atoms with Gasteiger partial charge in [-0.15, -0.1) is 11.3 Å². The van der Waals surface area contributed by atoms with Crippen LogP contribution in [-0.4, -0.2) is 37.3 Å². The molecule has 1 aromatic carbocycles. The van der Waals surface area contributed by atoms with E-state index in [9.17, 15) is 9.18 Å². The Labute approximate surface area is 186 Å². The Morgan fingerprint density at radius 3 is 2.94 bits per heavy atom. The van der Waals surface area contributed by atoms with Crippen molar-refractivity contribution in [2.45, 2.75) is 13.0 Å². The molecular weight excluding hydrogens is 439 g/mol. The number of aromatic amines is 1. The first kappa shape index (κ1) is 21.0. The average Bonchev–Trinajstić information content (AvgIpc) is 3.44. The number of imidazole rings is 1. The number of nitrogens with zero attached hydrogens (tertiary/aromatic N) is 4. The van der Waals surface area contributed by atoms with E-state index in [0.29, 0.717) is 34.9 Å². The molecule has 10 heteroatoms. The van der Waals surface area contributed by atoms with Crippen LogP contribution in [-0.2, 0) is 17.8 Å². The molecule has 0 bridgehead atoms. The lowest BCUT2D eigenvalue weighted by molar-refractivity contribution is -0.126. The van der Waals surface area contributed by atoms with Crippen LogP contribution in [0.15, 0.2) is 54.6 Å². The lowest BCUT2D eigenvalue weighted by Crippen LogP contribution is -2.36. The molecule has 1 amide bonds. The molecule has 5 rings (SSSR count). The van der Waals surface area contributed by atoms with Gasteiger partial charge in [0.2, 0.25) is 0 Å². The van der Waals surface area contributed by atoms with Crippen molar-refractivity contribution in [2.24, 2.45) is 5.73 Å². The number of rotatable bonds is 2. The number of aromatic nitrogens is 4. The fourth-order valence-corrected chi connectivity index (χ4v) is 4.08. The van der Waals surface area contributed by atoms with E-state index in [1.165, 1.54) is 23.6 Å². The maximum atomic E-state index is 12.8. The number of carbonyl (C=O) groups is 1. The van der Waals surface area contributed by atoms with Crippen LogP contribution in [0.2, 0.25) is 5.02 Å². The fraction of sp³-hybridized carbons (Fsp3) is 0.143. The van der Waals surface area contributed by atoms with Crippen molar-refractivity contribution in [1.82, 2.24) is 24.8 Å². The number of para-hydroxylation sites is 1. The van der Waals surface area contributed by atoms with Crippen LogP contribution in [0.5, 0.6) is 0 Å². The molecule has 3 aromatic heterocycles. The number of hydrogen-bond acceptors (Lipinski definition) is 6. The molecule has 0 saturated heterocycles. The van der Waals surface area contributed by atoms with Crippen molar-refractivity contribution in [1.29, 1.82) is 0 Å². The van der Waals surface area contributed by atoms with E-state index in [1.54, 1.807) is 41.1 Å². The Morgan fingerprint density at radius 2 is 2.16 bits per heavy atom. The van der Waals surface area contributed by atoms with Crippen molar-refractivity contribution < 1.29 is 9.18 Å². The molecule has 0 unspecified atom stereocenters. The van der Waals surface area contributed by atoms with Crippen molar-refractivity contribution >= 4 is 44.6 Å². The molecule has 7 nitrogen and oxygen atoms in total. The zero-order valence-corrected chi connectivity index (χ0v) is 17.8. The molecule has 0 spiro atoms. The summed E-state index contributed by atoms with van der Waals surface area (Å²) in [5, 5.41) is 0.515. The minimum Gasteiger partial charge on any atom is -0.404 e. The van der Waals surface area contributed by atoms with E-state index in [-0.39, 0.29) is 11.7 Å². The average molecular weight is 457 g/mol. The lowest BCUT2D eigenvalue weighted by Gasteiger charge is -2.27. The molecule has 0 fully saturated rings. The number of halogens is 2. The molecular formula is C21H18ClFN6OS. The van der Waals surface area contributed by atoms with Gasteiger partial charge in [-0.05, 0) is 24.3 Å². The highest BCUT2D eigenvalue weighted by Gasteiger charge is 2.25. The Bertz CT molecular complexity index is 1250. The quantitative estimate of drug-likeness (QED) is 0.447. The highest BCUT2D eigenvalue weighted by molar-refractivity contribution is 7.16. The number of pyridine rings is 1. The largest absolute Gasteiger partial charge is 0.404 e. The Kier molecular flexibility index (Phi) is 6.24. The predicted molar refractivity (Wildman–Crippen MR) is 119 cm³/mol. The van der Waals surface area contributed by atoms with Crippen LogP contribution < -0.4 is 5.73 Å². The van der Waals surface area contributed by atoms with Crippen molar-refractivity contribution in [3.63, 3.8) is 0 Å². The van der Waals surface area contributed by atoms with E-state index >= 15 is 0 Å². The second-order valence-electron chi connectivity index (χ2n) is 6.68. The van der Waals surface area contributed by atoms with Gasteiger partial charge in [-0.25, -0.2) is 14.4 Å². The van der Waals surface area contributed by atoms with E-state index < -0.39 is 0 Å². The number of nitrogens with one attached hydrogen (secondary N) is 1. The van der Waals surface area contributed by atoms with E-state index in [4.69, 9.17) is 17.3 Å². The topological polar surface area (TPSA) is 101 Å². The van der Waals surface area contributed by atoms with Gasteiger partial charge in [-0.1, -0.05) is 17.7 Å². The number of hydrogen-bond donors (Lipinski definition) is 2. The minimum absolute atomic E-state index is 0.160. The van der Waals surface area contributed by atoms with Crippen molar-refractivity contribution in [3.8, 4) is 0 Å². The van der Waals surface area contributed by atoms with Gasteiger partial charge in [0.1, 0.15) is 11.3 Å². The third-order valence-electron chi connectivity index (χ3n) is 4.77. The zero-order valence-electron chi connectivity index (χ0n) is 16.3. The maximum Gasteiger partial charge on any atom is 0.257 e. The first-order valence-corrected chi connectivity index (χ1v) is 10.6. The first-order valence-electron chi connectivity index (χ1n) is 9.38. The minimum atomic E-state index is -0.237. The number of thiazole rings is 1. The third kappa shape index (κ3) is 4.57. The molecule has 4 aromatic rings. The molecule has 3 N–H and O–H groups in total. The molecule has 0 atom stereocenters. The Morgan fingerprint density at radius 1 is 1.29 bits per heavy atom. The summed E-state index contributed by atoms with van der Waals surface area (Å²) in [6, 6.07) is 8.25. The second-order valence-corrected chi connectivity index (χ2v) is 8.01. The predicted octanol–water partition coefficient (Wildman–Crippen LogP) is 3.78. The highest BCUT2D eigenvalue weighted by Crippen LogP contribution is 2.22. The molecule has 0 saturated carbocycles. The normalized spacial score (nSPS) is 13.5. The monoisotopic (exact) mass is 456 g/mol. The van der Waals surface area contributed by atoms with E-state index in [1.807, 2.05) is 6.07 Å². The van der Waals surface area contributed by atoms with Gasteiger partial charge in [0.25, 0.3) is 5.91 Å². The van der Waals surface area contributed by atoms with Gasteiger partial charge in [-0.3, -0.25) is 9.78 Å². The second kappa shape index (κ2) is 9.23. The Hall–Kier alpha value is -3.30. The third-order valence-corrected chi connectivity index (χ3v) is 5.80. The van der Waals surface area contributed by atoms with Crippen molar-refractivity contribution in [3.05, 3.63) is 82.5 Å². The van der Waals surface area contributed by atoms with Crippen LogP contribution in [0.25, 0.3) is 15.8 Å². The maximum absolute atomic E-state index is 12.8. The number of H-pyrrole nitrogens is 1. The molecule has 0 radical (unpaired) electrons. The van der Waals surface area contributed by atoms with Crippen LogP contribution in [0.4, 0.5) is 4.39 Å². The summed E-state index contributed by atoms with van der Waals surface area (Å²) in [5.41, 5.74) is 10.6. The van der Waals surface area contributed by atoms with Gasteiger partial charge < -0.3 is 15.6 Å². The van der Waals surface area contributed by atoms with Crippen LogP contribution in [0.3, 0.4) is 0 Å². The molecule has 1 aliphatic rings. The molecule has 0 aliphatic carbocycles. The summed E-state index contributed by atoms with van der Waals surface area (Å²) in [7, 11) is 0. The van der Waals surface area contributed by atoms with Crippen LogP contribution >= 0.6 is 22.9 Å². The lowest BCUT2D eigenvalue weighted by atomic mass is 10.1. The van der Waals surface area contributed by atoms with Gasteiger partial charge in [-0.2, -0.15) is 0 Å². The summed E-state index contributed by atoms with van der Waals surface area (Å²) in [4.78, 5) is 29.7. The number of nitrogens with two attached hydrogens (primary N) is 1. The van der Waals surface area contributed by atoms with Gasteiger partial charge >= 0.3 is 0 Å². The van der Waals surface area contributed by atoms with Crippen LogP contribution in [0.1, 0.15) is 17.1 Å². The summed E-state index contributed by atoms with van der Waals surface area (Å²) < 4.78 is 13.7. The number of fused-ring (bicyclic) bond motifs is 2.